The van der Waals surface area contributed by atoms with E-state index in [9.17, 15) is 13.2 Å². The number of carbonyl (C=O) groups excluding carboxylic acids is 1. The lowest BCUT2D eigenvalue weighted by Gasteiger charge is -2.25. The molecule has 134 valence electrons. The first-order valence-corrected chi connectivity index (χ1v) is 9.29. The molecule has 0 aliphatic rings. The third kappa shape index (κ3) is 3.93. The maximum absolute atomic E-state index is 13.0. The molecule has 0 aliphatic carbocycles. The van der Waals surface area contributed by atoms with Gasteiger partial charge in [0.2, 0.25) is 5.91 Å². The van der Waals surface area contributed by atoms with E-state index in [0.29, 0.717) is 22.7 Å². The highest BCUT2D eigenvalue weighted by Gasteiger charge is 2.25. The van der Waals surface area contributed by atoms with Gasteiger partial charge in [-0.25, -0.2) is 8.42 Å². The SMILES string of the molecule is CCN(c1cccc(NC(C)=O)c1C)S(=O)(=O)c1ccc(OC)cc1. The van der Waals surface area contributed by atoms with Crippen molar-refractivity contribution in [3.63, 3.8) is 0 Å². The summed E-state index contributed by atoms with van der Waals surface area (Å²) in [5.41, 5.74) is 1.81. The molecule has 0 saturated heterocycles. The van der Waals surface area contributed by atoms with Crippen molar-refractivity contribution in [2.45, 2.75) is 25.7 Å². The predicted octanol–water partition coefficient (Wildman–Crippen LogP) is 3.18. The van der Waals surface area contributed by atoms with Crippen LogP contribution in [0.4, 0.5) is 11.4 Å². The van der Waals surface area contributed by atoms with Gasteiger partial charge in [-0.1, -0.05) is 6.07 Å². The van der Waals surface area contributed by atoms with E-state index in [2.05, 4.69) is 5.32 Å². The molecule has 2 aromatic rings. The molecule has 1 amide bonds. The molecular formula is C18H22N2O4S. The maximum Gasteiger partial charge on any atom is 0.264 e. The van der Waals surface area contributed by atoms with Crippen LogP contribution in [0.5, 0.6) is 5.75 Å². The Hall–Kier alpha value is -2.54. The fourth-order valence-electron chi connectivity index (χ4n) is 2.56. The van der Waals surface area contributed by atoms with Gasteiger partial charge in [0.1, 0.15) is 5.75 Å². The van der Waals surface area contributed by atoms with Gasteiger partial charge in [-0.3, -0.25) is 9.10 Å². The lowest BCUT2D eigenvalue weighted by Crippen LogP contribution is -2.31. The monoisotopic (exact) mass is 362 g/mol. The number of nitrogens with zero attached hydrogens (tertiary/aromatic N) is 1. The normalized spacial score (nSPS) is 11.0. The van der Waals surface area contributed by atoms with Crippen molar-refractivity contribution in [2.24, 2.45) is 0 Å². The van der Waals surface area contributed by atoms with Gasteiger partial charge in [-0.2, -0.15) is 0 Å². The lowest BCUT2D eigenvalue weighted by molar-refractivity contribution is -0.114. The van der Waals surface area contributed by atoms with Crippen molar-refractivity contribution >= 4 is 27.3 Å². The number of sulfonamides is 1. The Kier molecular flexibility index (Phi) is 5.69. The summed E-state index contributed by atoms with van der Waals surface area (Å²) in [6.45, 7) is 5.23. The summed E-state index contributed by atoms with van der Waals surface area (Å²) in [4.78, 5) is 11.5. The average molecular weight is 362 g/mol. The standard InChI is InChI=1S/C18H22N2O4S/c1-5-20(18-8-6-7-17(13(18)2)19-14(3)21)25(22,23)16-11-9-15(24-4)10-12-16/h6-12H,5H2,1-4H3,(H,19,21). The van der Waals surface area contributed by atoms with Crippen molar-refractivity contribution in [2.75, 3.05) is 23.3 Å². The molecule has 0 spiro atoms. The predicted molar refractivity (Wildman–Crippen MR) is 98.7 cm³/mol. The Balaban J connectivity index is 2.49. The lowest BCUT2D eigenvalue weighted by atomic mass is 10.1. The van der Waals surface area contributed by atoms with Gasteiger partial charge in [-0.05, 0) is 55.8 Å². The first kappa shape index (κ1) is 18.8. The van der Waals surface area contributed by atoms with Crippen molar-refractivity contribution < 1.29 is 17.9 Å². The molecule has 0 aromatic heterocycles. The molecule has 2 rings (SSSR count). The highest BCUT2D eigenvalue weighted by Crippen LogP contribution is 2.31. The number of ether oxygens (including phenoxy) is 1. The number of rotatable bonds is 6. The van der Waals surface area contributed by atoms with E-state index in [1.54, 1.807) is 44.2 Å². The van der Waals surface area contributed by atoms with Crippen LogP contribution in [0.15, 0.2) is 47.4 Å². The minimum atomic E-state index is -3.73. The molecule has 0 aliphatic heterocycles. The first-order valence-electron chi connectivity index (χ1n) is 7.85. The van der Waals surface area contributed by atoms with Crippen molar-refractivity contribution in [1.29, 1.82) is 0 Å². The van der Waals surface area contributed by atoms with Crippen LogP contribution >= 0.6 is 0 Å². The molecule has 25 heavy (non-hydrogen) atoms. The molecule has 2 aromatic carbocycles. The van der Waals surface area contributed by atoms with Gasteiger partial charge in [0.15, 0.2) is 0 Å². The number of carbonyl (C=O) groups is 1. The Labute approximate surface area is 148 Å². The Morgan fingerprint density at radius 3 is 2.32 bits per heavy atom. The molecule has 0 heterocycles. The van der Waals surface area contributed by atoms with Gasteiger partial charge in [-0.15, -0.1) is 0 Å². The number of hydrogen-bond donors (Lipinski definition) is 1. The van der Waals surface area contributed by atoms with Crippen molar-refractivity contribution in [1.82, 2.24) is 0 Å². The highest BCUT2D eigenvalue weighted by atomic mass is 32.2. The molecule has 0 fully saturated rings. The van der Waals surface area contributed by atoms with Gasteiger partial charge < -0.3 is 10.1 Å². The molecule has 7 heteroatoms. The number of methoxy groups -OCH3 is 1. The molecular weight excluding hydrogens is 340 g/mol. The second kappa shape index (κ2) is 7.57. The van der Waals surface area contributed by atoms with Crippen molar-refractivity contribution in [3.8, 4) is 5.75 Å². The van der Waals surface area contributed by atoms with Crippen LogP contribution in [0.1, 0.15) is 19.4 Å². The van der Waals surface area contributed by atoms with E-state index >= 15 is 0 Å². The summed E-state index contributed by atoms with van der Waals surface area (Å²) in [7, 11) is -2.21. The number of anilines is 2. The van der Waals surface area contributed by atoms with E-state index < -0.39 is 10.0 Å². The summed E-state index contributed by atoms with van der Waals surface area (Å²) in [6, 6.07) is 11.5. The Bertz CT molecular complexity index is 861. The topological polar surface area (TPSA) is 75.7 Å². The summed E-state index contributed by atoms with van der Waals surface area (Å²) in [5.74, 6) is 0.382. The Morgan fingerprint density at radius 2 is 1.80 bits per heavy atom. The molecule has 0 saturated carbocycles. The number of nitrogens with one attached hydrogen (secondary N) is 1. The molecule has 0 radical (unpaired) electrons. The molecule has 0 bridgehead atoms. The summed E-state index contributed by atoms with van der Waals surface area (Å²) >= 11 is 0. The van der Waals surface area contributed by atoms with E-state index in [-0.39, 0.29) is 17.3 Å². The van der Waals surface area contributed by atoms with E-state index in [4.69, 9.17) is 4.74 Å². The first-order chi connectivity index (χ1) is 11.8. The smallest absolute Gasteiger partial charge is 0.264 e. The van der Waals surface area contributed by atoms with Crippen molar-refractivity contribution in [3.05, 3.63) is 48.0 Å². The molecule has 0 atom stereocenters. The average Bonchev–Trinajstić information content (AvgIpc) is 2.58. The number of amides is 1. The van der Waals surface area contributed by atoms with Crippen LogP contribution in [0.25, 0.3) is 0 Å². The third-order valence-electron chi connectivity index (χ3n) is 3.82. The fraction of sp³-hybridized carbons (Fsp3) is 0.278. The van der Waals surface area contributed by atoms with Crippen LogP contribution in [-0.4, -0.2) is 28.0 Å². The Morgan fingerprint density at radius 1 is 1.16 bits per heavy atom. The minimum Gasteiger partial charge on any atom is -0.497 e. The quantitative estimate of drug-likeness (QED) is 0.856. The summed E-state index contributed by atoms with van der Waals surface area (Å²) in [5, 5.41) is 2.72. The number of benzene rings is 2. The largest absolute Gasteiger partial charge is 0.497 e. The van der Waals surface area contributed by atoms with Gasteiger partial charge in [0, 0.05) is 19.2 Å². The van der Waals surface area contributed by atoms with Gasteiger partial charge in [0.05, 0.1) is 17.7 Å². The van der Waals surface area contributed by atoms with Crippen LogP contribution in [-0.2, 0) is 14.8 Å². The molecule has 0 unspecified atom stereocenters. The zero-order valence-corrected chi connectivity index (χ0v) is 15.6. The maximum atomic E-state index is 13.0. The molecule has 1 N–H and O–H groups in total. The minimum absolute atomic E-state index is 0.180. The van der Waals surface area contributed by atoms with Crippen LogP contribution in [0.3, 0.4) is 0 Å². The van der Waals surface area contributed by atoms with E-state index in [1.165, 1.54) is 30.5 Å². The van der Waals surface area contributed by atoms with E-state index in [1.807, 2.05) is 0 Å². The van der Waals surface area contributed by atoms with Crippen LogP contribution in [0.2, 0.25) is 0 Å². The van der Waals surface area contributed by atoms with Gasteiger partial charge >= 0.3 is 0 Å². The third-order valence-corrected chi connectivity index (χ3v) is 5.72. The van der Waals surface area contributed by atoms with Crippen LogP contribution < -0.4 is 14.4 Å². The summed E-state index contributed by atoms with van der Waals surface area (Å²) < 4.78 is 32.5. The zero-order chi connectivity index (χ0) is 18.6. The second-order valence-corrected chi connectivity index (χ2v) is 7.34. The van der Waals surface area contributed by atoms with E-state index in [0.717, 1.165) is 0 Å². The molecule has 6 nitrogen and oxygen atoms in total. The van der Waals surface area contributed by atoms with Gasteiger partial charge in [0.25, 0.3) is 10.0 Å². The fourth-order valence-corrected chi connectivity index (χ4v) is 4.09. The summed E-state index contributed by atoms with van der Waals surface area (Å²) in [6.07, 6.45) is 0. The highest BCUT2D eigenvalue weighted by molar-refractivity contribution is 7.92. The second-order valence-electron chi connectivity index (χ2n) is 5.48. The zero-order valence-electron chi connectivity index (χ0n) is 14.7. The van der Waals surface area contributed by atoms with Crippen LogP contribution in [0, 0.1) is 6.92 Å². The number of hydrogen-bond acceptors (Lipinski definition) is 4.